The third kappa shape index (κ3) is 3.21. The van der Waals surface area contributed by atoms with E-state index in [1.54, 1.807) is 12.0 Å². The van der Waals surface area contributed by atoms with E-state index in [1.165, 1.54) is 0 Å². The molecular weight excluding hydrogens is 293 g/mol. The Balaban J connectivity index is 1.80. The van der Waals surface area contributed by atoms with Crippen LogP contribution in [0.5, 0.6) is 5.75 Å². The lowest BCUT2D eigenvalue weighted by molar-refractivity contribution is -0.147. The Labute approximate surface area is 127 Å². The Bertz CT molecular complexity index is 650. The van der Waals surface area contributed by atoms with Crippen molar-refractivity contribution < 1.29 is 17.9 Å². The smallest absolute Gasteiger partial charge is 0.401 e. The summed E-state index contributed by atoms with van der Waals surface area (Å²) in [5, 5.41) is 1.03. The van der Waals surface area contributed by atoms with E-state index in [2.05, 4.69) is 4.98 Å². The van der Waals surface area contributed by atoms with E-state index >= 15 is 0 Å². The molecule has 0 aliphatic carbocycles. The van der Waals surface area contributed by atoms with Crippen molar-refractivity contribution in [3.05, 3.63) is 30.0 Å². The fourth-order valence-electron chi connectivity index (χ4n) is 3.27. The highest BCUT2D eigenvalue weighted by atomic mass is 19.4. The maximum atomic E-state index is 12.6. The number of H-pyrrole nitrogens is 1. The van der Waals surface area contributed by atoms with Crippen molar-refractivity contribution in [2.75, 3.05) is 20.2 Å². The Kier molecular flexibility index (Phi) is 4.04. The molecule has 1 aromatic heterocycles. The van der Waals surface area contributed by atoms with E-state index in [4.69, 9.17) is 4.74 Å². The van der Waals surface area contributed by atoms with Gasteiger partial charge in [-0.05, 0) is 49.6 Å². The quantitative estimate of drug-likeness (QED) is 0.931. The average Bonchev–Trinajstić information content (AvgIpc) is 3.05. The normalized spacial score (nSPS) is 19.9. The van der Waals surface area contributed by atoms with Crippen LogP contribution in [-0.2, 0) is 6.42 Å². The van der Waals surface area contributed by atoms with Gasteiger partial charge in [-0.25, -0.2) is 0 Å². The fourth-order valence-corrected chi connectivity index (χ4v) is 3.27. The fraction of sp³-hybridized carbons (Fsp3) is 0.500. The average molecular weight is 312 g/mol. The number of aromatic nitrogens is 1. The number of ether oxygens (including phenoxy) is 1. The summed E-state index contributed by atoms with van der Waals surface area (Å²) in [4.78, 5) is 4.73. The van der Waals surface area contributed by atoms with Gasteiger partial charge < -0.3 is 9.72 Å². The number of aromatic amines is 1. The number of alkyl halides is 3. The van der Waals surface area contributed by atoms with Crippen LogP contribution in [0.3, 0.4) is 0 Å². The van der Waals surface area contributed by atoms with Crippen LogP contribution in [0.15, 0.2) is 24.4 Å². The van der Waals surface area contributed by atoms with Gasteiger partial charge in [0.15, 0.2) is 0 Å². The Morgan fingerprint density at radius 1 is 1.36 bits per heavy atom. The minimum atomic E-state index is -4.13. The first-order chi connectivity index (χ1) is 10.5. The van der Waals surface area contributed by atoms with Gasteiger partial charge in [-0.1, -0.05) is 0 Å². The lowest BCUT2D eigenvalue weighted by Crippen LogP contribution is -2.38. The molecule has 1 N–H and O–H groups in total. The third-order valence-electron chi connectivity index (χ3n) is 4.31. The van der Waals surface area contributed by atoms with Crippen molar-refractivity contribution in [1.29, 1.82) is 0 Å². The molecule has 2 heterocycles. The Morgan fingerprint density at radius 3 is 2.91 bits per heavy atom. The van der Waals surface area contributed by atoms with E-state index in [1.807, 2.05) is 24.4 Å². The number of halogens is 3. The molecule has 22 heavy (non-hydrogen) atoms. The molecule has 0 amide bonds. The van der Waals surface area contributed by atoms with Gasteiger partial charge in [0, 0.05) is 23.1 Å². The SMILES string of the molecule is COc1ccc2[nH]cc(C[C@H]3CCCN3CC(F)(F)F)c2c1. The number of likely N-dealkylation sites (tertiary alicyclic amines) is 1. The molecule has 1 saturated heterocycles. The predicted molar refractivity (Wildman–Crippen MR) is 79.2 cm³/mol. The second-order valence-electron chi connectivity index (χ2n) is 5.81. The zero-order valence-corrected chi connectivity index (χ0v) is 12.4. The van der Waals surface area contributed by atoms with E-state index in [9.17, 15) is 13.2 Å². The summed E-state index contributed by atoms with van der Waals surface area (Å²) < 4.78 is 43.2. The molecule has 120 valence electrons. The molecule has 0 spiro atoms. The molecule has 0 radical (unpaired) electrons. The number of nitrogens with zero attached hydrogens (tertiary/aromatic N) is 1. The van der Waals surface area contributed by atoms with Gasteiger partial charge in [0.25, 0.3) is 0 Å². The summed E-state index contributed by atoms with van der Waals surface area (Å²) in [6.45, 7) is -0.292. The lowest BCUT2D eigenvalue weighted by Gasteiger charge is -2.25. The summed E-state index contributed by atoms with van der Waals surface area (Å²) in [6, 6.07) is 5.69. The van der Waals surface area contributed by atoms with Gasteiger partial charge in [-0.3, -0.25) is 4.90 Å². The minimum absolute atomic E-state index is 0.0492. The zero-order chi connectivity index (χ0) is 15.7. The van der Waals surface area contributed by atoms with Crippen molar-refractivity contribution >= 4 is 10.9 Å². The molecule has 1 fully saturated rings. The number of methoxy groups -OCH3 is 1. The van der Waals surface area contributed by atoms with Crippen molar-refractivity contribution in [1.82, 2.24) is 9.88 Å². The first kappa shape index (κ1) is 15.2. The highest BCUT2D eigenvalue weighted by Gasteiger charge is 2.36. The maximum absolute atomic E-state index is 12.6. The van der Waals surface area contributed by atoms with Gasteiger partial charge in [-0.2, -0.15) is 13.2 Å². The first-order valence-electron chi connectivity index (χ1n) is 7.41. The van der Waals surface area contributed by atoms with Crippen LogP contribution in [0.1, 0.15) is 18.4 Å². The predicted octanol–water partition coefficient (Wildman–Crippen LogP) is 3.75. The second-order valence-corrected chi connectivity index (χ2v) is 5.81. The summed E-state index contributed by atoms with van der Waals surface area (Å²) in [7, 11) is 1.61. The summed E-state index contributed by atoms with van der Waals surface area (Å²) in [5.41, 5.74) is 2.03. The van der Waals surface area contributed by atoms with Crippen molar-refractivity contribution in [2.24, 2.45) is 0 Å². The Morgan fingerprint density at radius 2 is 2.18 bits per heavy atom. The second kappa shape index (κ2) is 5.83. The van der Waals surface area contributed by atoms with Gasteiger partial charge >= 0.3 is 6.18 Å². The molecule has 0 unspecified atom stereocenters. The van der Waals surface area contributed by atoms with E-state index in [0.29, 0.717) is 13.0 Å². The molecule has 0 bridgehead atoms. The van der Waals surface area contributed by atoms with E-state index < -0.39 is 12.7 Å². The Hall–Kier alpha value is -1.69. The summed E-state index contributed by atoms with van der Waals surface area (Å²) in [5.74, 6) is 0.756. The zero-order valence-electron chi connectivity index (χ0n) is 12.4. The third-order valence-corrected chi connectivity index (χ3v) is 4.31. The highest BCUT2D eigenvalue weighted by Crippen LogP contribution is 2.29. The molecule has 1 aliphatic heterocycles. The number of rotatable bonds is 4. The van der Waals surface area contributed by atoms with Crippen molar-refractivity contribution in [3.8, 4) is 5.75 Å². The molecule has 3 rings (SSSR count). The van der Waals surface area contributed by atoms with Crippen LogP contribution in [0, 0.1) is 0 Å². The van der Waals surface area contributed by atoms with Crippen LogP contribution in [0.2, 0.25) is 0 Å². The van der Waals surface area contributed by atoms with Crippen LogP contribution < -0.4 is 4.74 Å². The van der Waals surface area contributed by atoms with Gasteiger partial charge in [0.1, 0.15) is 5.75 Å². The number of hydrogen-bond acceptors (Lipinski definition) is 2. The molecule has 3 nitrogen and oxygen atoms in total. The summed E-state index contributed by atoms with van der Waals surface area (Å²) >= 11 is 0. The standard InChI is InChI=1S/C16H19F3N2O/c1-22-13-4-5-15-14(8-13)11(9-20-15)7-12-3-2-6-21(12)10-16(17,18)19/h4-5,8-9,12,20H,2-3,6-7,10H2,1H3/t12-/m1/s1. The van der Waals surface area contributed by atoms with Crippen LogP contribution in [0.25, 0.3) is 10.9 Å². The van der Waals surface area contributed by atoms with E-state index in [0.717, 1.165) is 35.1 Å². The van der Waals surface area contributed by atoms with Crippen LogP contribution in [-0.4, -0.2) is 42.3 Å². The van der Waals surface area contributed by atoms with E-state index in [-0.39, 0.29) is 6.04 Å². The topological polar surface area (TPSA) is 28.3 Å². The highest BCUT2D eigenvalue weighted by molar-refractivity contribution is 5.84. The van der Waals surface area contributed by atoms with Crippen LogP contribution in [0.4, 0.5) is 13.2 Å². The van der Waals surface area contributed by atoms with Crippen molar-refractivity contribution in [2.45, 2.75) is 31.5 Å². The minimum Gasteiger partial charge on any atom is -0.497 e. The molecule has 1 atom stereocenters. The number of nitrogens with one attached hydrogen (secondary N) is 1. The molecule has 1 aromatic carbocycles. The van der Waals surface area contributed by atoms with Gasteiger partial charge in [0.05, 0.1) is 13.7 Å². The first-order valence-corrected chi connectivity index (χ1v) is 7.41. The maximum Gasteiger partial charge on any atom is 0.401 e. The number of hydrogen-bond donors (Lipinski definition) is 1. The van der Waals surface area contributed by atoms with Crippen molar-refractivity contribution in [3.63, 3.8) is 0 Å². The largest absolute Gasteiger partial charge is 0.497 e. The molecule has 0 saturated carbocycles. The van der Waals surface area contributed by atoms with Gasteiger partial charge in [0.2, 0.25) is 0 Å². The molecular formula is C16H19F3N2O. The molecule has 1 aliphatic rings. The lowest BCUT2D eigenvalue weighted by atomic mass is 10.0. The number of benzene rings is 1. The number of fused-ring (bicyclic) bond motifs is 1. The molecule has 6 heteroatoms. The van der Waals surface area contributed by atoms with Crippen LogP contribution >= 0.6 is 0 Å². The van der Waals surface area contributed by atoms with Gasteiger partial charge in [-0.15, -0.1) is 0 Å². The summed E-state index contributed by atoms with van der Waals surface area (Å²) in [6.07, 6.45) is 0.0304. The molecule has 2 aromatic rings. The monoisotopic (exact) mass is 312 g/mol.